The molecule has 2 rings (SSSR count). The third kappa shape index (κ3) is 3.48. The molecule has 3 unspecified atom stereocenters. The minimum absolute atomic E-state index is 0.100. The first-order chi connectivity index (χ1) is 9.88. The van der Waals surface area contributed by atoms with Crippen molar-refractivity contribution in [1.29, 1.82) is 0 Å². The van der Waals surface area contributed by atoms with Crippen LogP contribution in [0.2, 0.25) is 0 Å². The first kappa shape index (κ1) is 15.2. The average molecular weight is 294 g/mol. The largest absolute Gasteiger partial charge is 0.478 e. The Labute approximate surface area is 122 Å². The summed E-state index contributed by atoms with van der Waals surface area (Å²) in [4.78, 5) is 25.1. The van der Waals surface area contributed by atoms with Gasteiger partial charge in [-0.05, 0) is 31.1 Å². The molecule has 0 saturated heterocycles. The highest BCUT2D eigenvalue weighted by molar-refractivity contribution is 5.88. The van der Waals surface area contributed by atoms with Gasteiger partial charge in [0.25, 0.3) is 5.88 Å². The van der Waals surface area contributed by atoms with E-state index in [9.17, 15) is 14.9 Å². The lowest BCUT2D eigenvalue weighted by atomic mass is 9.80. The maximum atomic E-state index is 11.0. The van der Waals surface area contributed by atoms with Crippen LogP contribution in [0.4, 0.5) is 5.69 Å². The number of carboxylic acid groups (broad SMARTS) is 1. The molecule has 114 valence electrons. The van der Waals surface area contributed by atoms with Gasteiger partial charge in [-0.25, -0.2) is 9.78 Å². The van der Waals surface area contributed by atoms with E-state index >= 15 is 0 Å². The van der Waals surface area contributed by atoms with Crippen molar-refractivity contribution in [3.05, 3.63) is 27.9 Å². The van der Waals surface area contributed by atoms with Gasteiger partial charge in [-0.1, -0.05) is 13.8 Å². The van der Waals surface area contributed by atoms with Crippen molar-refractivity contribution in [2.75, 3.05) is 0 Å². The van der Waals surface area contributed by atoms with Crippen molar-refractivity contribution in [3.8, 4) is 5.88 Å². The number of rotatable bonds is 4. The van der Waals surface area contributed by atoms with Gasteiger partial charge in [-0.2, -0.15) is 0 Å². The first-order valence-electron chi connectivity index (χ1n) is 6.93. The molecule has 0 aromatic carbocycles. The fourth-order valence-corrected chi connectivity index (χ4v) is 2.54. The molecule has 1 aliphatic rings. The predicted octanol–water partition coefficient (Wildman–Crippen LogP) is 2.89. The zero-order valence-corrected chi connectivity index (χ0v) is 12.0. The molecule has 0 aliphatic heterocycles. The number of aromatic nitrogens is 1. The van der Waals surface area contributed by atoms with Crippen LogP contribution in [0.5, 0.6) is 5.88 Å². The van der Waals surface area contributed by atoms with Gasteiger partial charge in [0.1, 0.15) is 6.10 Å². The zero-order valence-electron chi connectivity index (χ0n) is 12.0. The zero-order chi connectivity index (χ0) is 15.6. The molecule has 1 saturated carbocycles. The molecular formula is C14H18N2O5. The molecule has 0 bridgehead atoms. The summed E-state index contributed by atoms with van der Waals surface area (Å²) in [5, 5.41) is 19.9. The number of ether oxygens (including phenoxy) is 1. The normalized spacial score (nSPS) is 25.3. The molecule has 1 aromatic rings. The summed E-state index contributed by atoms with van der Waals surface area (Å²) in [5.41, 5.74) is -0.624. The van der Waals surface area contributed by atoms with Crippen LogP contribution >= 0.6 is 0 Å². The number of carboxylic acids is 1. The Morgan fingerprint density at radius 2 is 2.14 bits per heavy atom. The third-order valence-corrected chi connectivity index (χ3v) is 4.10. The second kappa shape index (κ2) is 6.07. The Hall–Kier alpha value is -2.18. The van der Waals surface area contributed by atoms with E-state index in [4.69, 9.17) is 9.84 Å². The van der Waals surface area contributed by atoms with E-state index in [2.05, 4.69) is 18.8 Å². The van der Waals surface area contributed by atoms with Crippen LogP contribution in [0.3, 0.4) is 0 Å². The summed E-state index contributed by atoms with van der Waals surface area (Å²) in [5.74, 6) is -0.253. The smallest absolute Gasteiger partial charge is 0.337 e. The minimum Gasteiger partial charge on any atom is -0.478 e. The fourth-order valence-electron chi connectivity index (χ4n) is 2.54. The molecule has 7 heteroatoms. The minimum atomic E-state index is -1.25. The van der Waals surface area contributed by atoms with Gasteiger partial charge in [-0.15, -0.1) is 0 Å². The van der Waals surface area contributed by atoms with Crippen molar-refractivity contribution in [2.45, 2.75) is 39.2 Å². The summed E-state index contributed by atoms with van der Waals surface area (Å²) < 4.78 is 5.66. The number of pyridine rings is 1. The van der Waals surface area contributed by atoms with Crippen molar-refractivity contribution in [1.82, 2.24) is 4.98 Å². The maximum Gasteiger partial charge on any atom is 0.337 e. The van der Waals surface area contributed by atoms with Gasteiger partial charge in [0.15, 0.2) is 0 Å². The van der Waals surface area contributed by atoms with Crippen LogP contribution in [0, 0.1) is 22.0 Å². The second-order valence-corrected chi connectivity index (χ2v) is 5.62. The van der Waals surface area contributed by atoms with Crippen LogP contribution < -0.4 is 4.74 Å². The number of hydrogen-bond acceptors (Lipinski definition) is 5. The van der Waals surface area contributed by atoms with E-state index in [1.807, 2.05) is 0 Å². The fraction of sp³-hybridized carbons (Fsp3) is 0.571. The summed E-state index contributed by atoms with van der Waals surface area (Å²) in [6, 6.07) is 0.986. The highest BCUT2D eigenvalue weighted by atomic mass is 16.6. The van der Waals surface area contributed by atoms with Crippen LogP contribution in [0.15, 0.2) is 12.3 Å². The molecular weight excluding hydrogens is 276 g/mol. The van der Waals surface area contributed by atoms with E-state index in [1.54, 1.807) is 0 Å². The number of nitro groups is 1. The van der Waals surface area contributed by atoms with Gasteiger partial charge in [0, 0.05) is 12.3 Å². The van der Waals surface area contributed by atoms with E-state index < -0.39 is 16.6 Å². The van der Waals surface area contributed by atoms with Crippen molar-refractivity contribution >= 4 is 11.7 Å². The second-order valence-electron chi connectivity index (χ2n) is 5.62. The summed E-state index contributed by atoms with van der Waals surface area (Å²) in [6.07, 6.45) is 3.62. The summed E-state index contributed by atoms with van der Waals surface area (Å²) in [7, 11) is 0. The van der Waals surface area contributed by atoms with E-state index in [1.165, 1.54) is 0 Å². The molecule has 0 spiro atoms. The molecule has 3 atom stereocenters. The molecule has 0 amide bonds. The van der Waals surface area contributed by atoms with E-state index in [-0.39, 0.29) is 17.5 Å². The molecule has 7 nitrogen and oxygen atoms in total. The lowest BCUT2D eigenvalue weighted by Gasteiger charge is -2.31. The lowest BCUT2D eigenvalue weighted by molar-refractivity contribution is -0.386. The Morgan fingerprint density at radius 1 is 1.43 bits per heavy atom. The Balaban J connectivity index is 2.19. The topological polar surface area (TPSA) is 103 Å². The van der Waals surface area contributed by atoms with Crippen LogP contribution in [-0.4, -0.2) is 27.1 Å². The molecule has 1 N–H and O–H groups in total. The number of aromatic carboxylic acids is 1. The van der Waals surface area contributed by atoms with Crippen LogP contribution in [-0.2, 0) is 0 Å². The molecule has 1 heterocycles. The number of hydrogen-bond donors (Lipinski definition) is 1. The SMILES string of the molecule is CC1CCC(Oc2ncc(C(=O)O)cc2[N+](=O)[O-])CC1C. The summed E-state index contributed by atoms with van der Waals surface area (Å²) in [6.45, 7) is 4.32. The number of carbonyl (C=O) groups is 1. The van der Waals surface area contributed by atoms with Crippen LogP contribution in [0.1, 0.15) is 43.5 Å². The van der Waals surface area contributed by atoms with E-state index in [0.29, 0.717) is 11.8 Å². The highest BCUT2D eigenvalue weighted by Crippen LogP contribution is 2.34. The Bertz CT molecular complexity index is 560. The first-order valence-corrected chi connectivity index (χ1v) is 6.93. The molecule has 21 heavy (non-hydrogen) atoms. The summed E-state index contributed by atoms with van der Waals surface area (Å²) >= 11 is 0. The van der Waals surface area contributed by atoms with Crippen molar-refractivity contribution < 1.29 is 19.6 Å². The van der Waals surface area contributed by atoms with Gasteiger partial charge in [0.2, 0.25) is 0 Å². The molecule has 1 fully saturated rings. The average Bonchev–Trinajstić information content (AvgIpc) is 2.43. The highest BCUT2D eigenvalue weighted by Gasteiger charge is 2.29. The monoisotopic (exact) mass is 294 g/mol. The molecule has 1 aromatic heterocycles. The quantitative estimate of drug-likeness (QED) is 0.676. The van der Waals surface area contributed by atoms with E-state index in [0.717, 1.165) is 31.5 Å². The molecule has 0 radical (unpaired) electrons. The standard InChI is InChI=1S/C14H18N2O5/c1-8-3-4-11(5-9(8)2)21-13-12(16(19)20)6-10(7-15-13)14(17)18/h6-9,11H,3-5H2,1-2H3,(H,17,18). The molecule has 1 aliphatic carbocycles. The van der Waals surface area contributed by atoms with Crippen molar-refractivity contribution in [3.63, 3.8) is 0 Å². The Morgan fingerprint density at radius 3 is 2.71 bits per heavy atom. The van der Waals surface area contributed by atoms with Gasteiger partial charge < -0.3 is 9.84 Å². The van der Waals surface area contributed by atoms with Gasteiger partial charge >= 0.3 is 11.7 Å². The van der Waals surface area contributed by atoms with Crippen LogP contribution in [0.25, 0.3) is 0 Å². The Kier molecular flexibility index (Phi) is 4.40. The maximum absolute atomic E-state index is 11.0. The van der Waals surface area contributed by atoms with Crippen molar-refractivity contribution in [2.24, 2.45) is 11.8 Å². The lowest BCUT2D eigenvalue weighted by Crippen LogP contribution is -2.29. The number of nitrogens with zero attached hydrogens (tertiary/aromatic N) is 2. The predicted molar refractivity (Wildman–Crippen MR) is 74.4 cm³/mol. The third-order valence-electron chi connectivity index (χ3n) is 4.10. The van der Waals surface area contributed by atoms with Gasteiger partial charge in [-0.3, -0.25) is 10.1 Å². The van der Waals surface area contributed by atoms with Gasteiger partial charge in [0.05, 0.1) is 10.5 Å².